The largest absolute Gasteiger partial charge is 0.355 e. The summed E-state index contributed by atoms with van der Waals surface area (Å²) in [6, 6.07) is 22.5. The summed E-state index contributed by atoms with van der Waals surface area (Å²) >= 11 is 7.16. The van der Waals surface area contributed by atoms with Gasteiger partial charge in [0, 0.05) is 11.6 Å². The molecule has 0 spiro atoms. The molecule has 0 saturated carbocycles. The van der Waals surface area contributed by atoms with Crippen molar-refractivity contribution in [3.8, 4) is 5.69 Å². The van der Waals surface area contributed by atoms with E-state index in [0.29, 0.717) is 27.6 Å². The summed E-state index contributed by atoms with van der Waals surface area (Å²) in [4.78, 5) is 30.3. The van der Waals surface area contributed by atoms with Gasteiger partial charge in [0.15, 0.2) is 5.16 Å². The minimum Gasteiger partial charge on any atom is -0.355 e. The highest BCUT2D eigenvalue weighted by Crippen LogP contribution is 2.21. The Bertz CT molecular complexity index is 1300. The molecule has 0 radical (unpaired) electrons. The first-order valence-electron chi connectivity index (χ1n) is 10.2. The van der Waals surface area contributed by atoms with Crippen LogP contribution in [0.5, 0.6) is 0 Å². The van der Waals surface area contributed by atoms with Crippen LogP contribution in [0.1, 0.15) is 11.1 Å². The molecule has 4 rings (SSSR count). The lowest BCUT2D eigenvalue weighted by molar-refractivity contribution is -0.118. The van der Waals surface area contributed by atoms with Crippen molar-refractivity contribution in [2.75, 3.05) is 12.3 Å². The highest BCUT2D eigenvalue weighted by molar-refractivity contribution is 7.99. The van der Waals surface area contributed by atoms with E-state index in [2.05, 4.69) is 10.3 Å². The summed E-state index contributed by atoms with van der Waals surface area (Å²) in [5.74, 6) is 0.0545. The molecular weight excluding hydrogens is 442 g/mol. The molecule has 1 aromatic heterocycles. The molecule has 1 amide bonds. The SMILES string of the molecule is Cc1ccc(-n2c(SCC(=O)NCCc3ccc(Cl)cc3)nc3ccccc3c2=O)cc1. The van der Waals surface area contributed by atoms with Crippen LogP contribution < -0.4 is 10.9 Å². The number of nitrogens with zero attached hydrogens (tertiary/aromatic N) is 2. The van der Waals surface area contributed by atoms with Gasteiger partial charge in [-0.3, -0.25) is 14.2 Å². The Morgan fingerprint density at radius 2 is 1.75 bits per heavy atom. The second-order valence-electron chi connectivity index (χ2n) is 7.40. The lowest BCUT2D eigenvalue weighted by Gasteiger charge is -2.13. The smallest absolute Gasteiger partial charge is 0.266 e. The van der Waals surface area contributed by atoms with Gasteiger partial charge in [0.25, 0.3) is 5.56 Å². The summed E-state index contributed by atoms with van der Waals surface area (Å²) in [6.45, 7) is 2.52. The zero-order valence-corrected chi connectivity index (χ0v) is 19.1. The lowest BCUT2D eigenvalue weighted by atomic mass is 10.1. The van der Waals surface area contributed by atoms with E-state index in [-0.39, 0.29) is 17.2 Å². The monoisotopic (exact) mass is 463 g/mol. The minimum atomic E-state index is -0.148. The van der Waals surface area contributed by atoms with Gasteiger partial charge >= 0.3 is 0 Å². The van der Waals surface area contributed by atoms with Gasteiger partial charge < -0.3 is 5.32 Å². The predicted octanol–water partition coefficient (Wildman–Crippen LogP) is 4.80. The van der Waals surface area contributed by atoms with E-state index in [9.17, 15) is 9.59 Å². The fourth-order valence-corrected chi connectivity index (χ4v) is 4.28. The van der Waals surface area contributed by atoms with Crippen LogP contribution in [-0.2, 0) is 11.2 Å². The number of aryl methyl sites for hydroxylation is 1. The Kier molecular flexibility index (Phi) is 6.93. The summed E-state index contributed by atoms with van der Waals surface area (Å²) in [6.07, 6.45) is 0.718. The number of hydrogen-bond donors (Lipinski definition) is 1. The highest BCUT2D eigenvalue weighted by atomic mass is 35.5. The van der Waals surface area contributed by atoms with Crippen LogP contribution >= 0.6 is 23.4 Å². The molecular formula is C25H22ClN3O2S. The molecule has 0 aliphatic heterocycles. The van der Waals surface area contributed by atoms with E-state index >= 15 is 0 Å². The Morgan fingerprint density at radius 1 is 1.03 bits per heavy atom. The van der Waals surface area contributed by atoms with Gasteiger partial charge in [0.2, 0.25) is 5.91 Å². The van der Waals surface area contributed by atoms with Crippen molar-refractivity contribution in [2.24, 2.45) is 0 Å². The Balaban J connectivity index is 1.50. The van der Waals surface area contributed by atoms with Crippen LogP contribution in [0.2, 0.25) is 5.02 Å². The third-order valence-corrected chi connectivity index (χ3v) is 6.21. The van der Waals surface area contributed by atoms with Gasteiger partial charge in [-0.2, -0.15) is 0 Å². The van der Waals surface area contributed by atoms with E-state index in [1.54, 1.807) is 10.6 Å². The first-order chi connectivity index (χ1) is 15.5. The fraction of sp³-hybridized carbons (Fsp3) is 0.160. The van der Waals surface area contributed by atoms with E-state index in [4.69, 9.17) is 11.6 Å². The number of carbonyl (C=O) groups is 1. The van der Waals surface area contributed by atoms with E-state index < -0.39 is 0 Å². The third kappa shape index (κ3) is 5.21. The number of carbonyl (C=O) groups excluding carboxylic acids is 1. The summed E-state index contributed by atoms with van der Waals surface area (Å²) in [7, 11) is 0. The summed E-state index contributed by atoms with van der Waals surface area (Å²) in [5, 5.41) is 4.66. The second kappa shape index (κ2) is 10.0. The molecule has 1 N–H and O–H groups in total. The molecule has 162 valence electrons. The van der Waals surface area contributed by atoms with Gasteiger partial charge in [-0.25, -0.2) is 4.98 Å². The van der Waals surface area contributed by atoms with Gasteiger partial charge in [0.1, 0.15) is 0 Å². The van der Waals surface area contributed by atoms with Crippen molar-refractivity contribution in [1.82, 2.24) is 14.9 Å². The van der Waals surface area contributed by atoms with Crippen LogP contribution in [-0.4, -0.2) is 27.8 Å². The molecule has 0 aliphatic carbocycles. The molecule has 0 aliphatic rings. The maximum atomic E-state index is 13.2. The average molecular weight is 464 g/mol. The predicted molar refractivity (Wildman–Crippen MR) is 131 cm³/mol. The minimum absolute atomic E-state index is 0.109. The summed E-state index contributed by atoms with van der Waals surface area (Å²) < 4.78 is 1.58. The molecule has 1 heterocycles. The molecule has 5 nitrogen and oxygen atoms in total. The normalized spacial score (nSPS) is 10.9. The van der Waals surface area contributed by atoms with E-state index in [1.165, 1.54) is 11.8 Å². The van der Waals surface area contributed by atoms with Gasteiger partial charge in [-0.15, -0.1) is 0 Å². The van der Waals surface area contributed by atoms with E-state index in [0.717, 1.165) is 23.2 Å². The van der Waals surface area contributed by atoms with Crippen molar-refractivity contribution < 1.29 is 4.79 Å². The first kappa shape index (κ1) is 22.1. The summed E-state index contributed by atoms with van der Waals surface area (Å²) in [5.41, 5.74) is 3.40. The standard InChI is InChI=1S/C25H22ClN3O2S/c1-17-6-12-20(13-7-17)29-24(31)21-4-2-3-5-22(21)28-25(29)32-16-23(30)27-15-14-18-8-10-19(26)11-9-18/h2-13H,14-16H2,1H3,(H,27,30). The van der Waals surface area contributed by atoms with Crippen LogP contribution in [0, 0.1) is 6.92 Å². The van der Waals surface area contributed by atoms with Crippen molar-refractivity contribution in [1.29, 1.82) is 0 Å². The number of rotatable bonds is 7. The molecule has 0 saturated heterocycles. The molecule has 32 heavy (non-hydrogen) atoms. The number of hydrogen-bond acceptors (Lipinski definition) is 4. The third-order valence-electron chi connectivity index (χ3n) is 5.02. The van der Waals surface area contributed by atoms with Crippen LogP contribution in [0.4, 0.5) is 0 Å². The number of benzene rings is 3. The highest BCUT2D eigenvalue weighted by Gasteiger charge is 2.14. The van der Waals surface area contributed by atoms with Crippen LogP contribution in [0.3, 0.4) is 0 Å². The molecule has 0 unspecified atom stereocenters. The maximum absolute atomic E-state index is 13.2. The molecule has 0 fully saturated rings. The topological polar surface area (TPSA) is 64.0 Å². The van der Waals surface area contributed by atoms with Crippen molar-refractivity contribution in [3.05, 3.63) is 99.3 Å². The molecule has 0 bridgehead atoms. The first-order valence-corrected chi connectivity index (χ1v) is 11.6. The van der Waals surface area contributed by atoms with Gasteiger partial charge in [0.05, 0.1) is 22.3 Å². The van der Waals surface area contributed by atoms with E-state index in [1.807, 2.05) is 73.7 Å². The second-order valence-corrected chi connectivity index (χ2v) is 8.78. The number of fused-ring (bicyclic) bond motifs is 1. The number of nitrogens with one attached hydrogen (secondary N) is 1. The fourth-order valence-electron chi connectivity index (χ4n) is 3.31. The average Bonchev–Trinajstić information content (AvgIpc) is 2.80. The molecule has 4 aromatic rings. The zero-order valence-electron chi connectivity index (χ0n) is 17.5. The van der Waals surface area contributed by atoms with Crippen molar-refractivity contribution >= 4 is 40.2 Å². The Labute approximate surface area is 195 Å². The molecule has 7 heteroatoms. The lowest BCUT2D eigenvalue weighted by Crippen LogP contribution is -2.28. The zero-order chi connectivity index (χ0) is 22.5. The molecule has 3 aromatic carbocycles. The number of thioether (sulfide) groups is 1. The Hall–Kier alpha value is -3.09. The quantitative estimate of drug-likeness (QED) is 0.316. The van der Waals surface area contributed by atoms with Gasteiger partial charge in [-0.1, -0.05) is 65.3 Å². The molecule has 0 atom stereocenters. The van der Waals surface area contributed by atoms with Crippen molar-refractivity contribution in [3.63, 3.8) is 0 Å². The Morgan fingerprint density at radius 3 is 2.50 bits per heavy atom. The number of aromatic nitrogens is 2. The maximum Gasteiger partial charge on any atom is 0.266 e. The number of amides is 1. The van der Waals surface area contributed by atoms with Gasteiger partial charge in [-0.05, 0) is 55.3 Å². The number of para-hydroxylation sites is 1. The van der Waals surface area contributed by atoms with Crippen LogP contribution in [0.25, 0.3) is 16.6 Å². The van der Waals surface area contributed by atoms with Crippen LogP contribution in [0.15, 0.2) is 82.7 Å². The number of halogens is 1. The van der Waals surface area contributed by atoms with Crippen molar-refractivity contribution in [2.45, 2.75) is 18.5 Å².